The second kappa shape index (κ2) is 9.38. The lowest BCUT2D eigenvalue weighted by Gasteiger charge is -2.11. The molecule has 0 unspecified atom stereocenters. The number of nitrogens with zero attached hydrogens (tertiary/aromatic N) is 4. The number of anilines is 1. The molecule has 154 valence electrons. The topological polar surface area (TPSA) is 108 Å². The molecule has 0 radical (unpaired) electrons. The van der Waals surface area contributed by atoms with Gasteiger partial charge in [0, 0.05) is 24.3 Å². The molecule has 0 amide bonds. The molecule has 9 heteroatoms. The first kappa shape index (κ1) is 21.3. The number of rotatable bonds is 6. The summed E-state index contributed by atoms with van der Waals surface area (Å²) in [4.78, 5) is 17.2. The average Bonchev–Trinajstić information content (AvgIpc) is 2.78. The van der Waals surface area contributed by atoms with Gasteiger partial charge in [-0.25, -0.2) is 28.1 Å². The quantitative estimate of drug-likeness (QED) is 0.469. The molecule has 0 bridgehead atoms. The van der Waals surface area contributed by atoms with Crippen LogP contribution in [0, 0.1) is 0 Å². The molecular formula is C21H22N6O2S. The molecule has 0 aliphatic carbocycles. The van der Waals surface area contributed by atoms with Gasteiger partial charge in [0.15, 0.2) is 5.82 Å². The monoisotopic (exact) mass is 422 g/mol. The number of pyridine rings is 1. The first-order valence-electron chi connectivity index (χ1n) is 9.10. The van der Waals surface area contributed by atoms with E-state index in [9.17, 15) is 8.42 Å². The minimum atomic E-state index is -3.54. The maximum Gasteiger partial charge on any atom is 0.240 e. The lowest BCUT2D eigenvalue weighted by atomic mass is 10.2. The predicted octanol–water partition coefficient (Wildman–Crippen LogP) is 3.40. The van der Waals surface area contributed by atoms with Crippen LogP contribution in [0.2, 0.25) is 0 Å². The number of nitrogens with one attached hydrogen (secondary N) is 2. The number of aliphatic imine (C=N–C) groups is 3. The number of hydrogen-bond acceptors (Lipinski definition) is 5. The smallest absolute Gasteiger partial charge is 0.240 e. The molecule has 2 N–H and O–H groups in total. The molecule has 0 spiro atoms. The van der Waals surface area contributed by atoms with Gasteiger partial charge in [-0.15, -0.1) is 0 Å². The van der Waals surface area contributed by atoms with E-state index >= 15 is 0 Å². The van der Waals surface area contributed by atoms with Crippen LogP contribution in [0.15, 0.2) is 80.7 Å². The Morgan fingerprint density at radius 2 is 1.87 bits per heavy atom. The van der Waals surface area contributed by atoms with Crippen molar-refractivity contribution in [1.29, 1.82) is 0 Å². The molecule has 30 heavy (non-hydrogen) atoms. The molecule has 0 aliphatic heterocycles. The molecule has 1 aromatic heterocycles. The number of benzene rings is 2. The van der Waals surface area contributed by atoms with E-state index in [1.165, 1.54) is 19.2 Å². The molecular weight excluding hydrogens is 400 g/mol. The van der Waals surface area contributed by atoms with Crippen molar-refractivity contribution in [3.8, 4) is 0 Å². The summed E-state index contributed by atoms with van der Waals surface area (Å²) in [6.07, 6.45) is 2.03. The Bertz CT molecular complexity index is 1230. The minimum absolute atomic E-state index is 0.154. The van der Waals surface area contributed by atoms with E-state index in [1.54, 1.807) is 25.4 Å². The van der Waals surface area contributed by atoms with Crippen LogP contribution in [0.5, 0.6) is 0 Å². The first-order chi connectivity index (χ1) is 14.4. The van der Waals surface area contributed by atoms with E-state index in [0.29, 0.717) is 23.2 Å². The van der Waals surface area contributed by atoms with Crippen molar-refractivity contribution in [1.82, 2.24) is 9.71 Å². The van der Waals surface area contributed by atoms with E-state index in [0.717, 1.165) is 10.8 Å². The Labute approximate surface area is 175 Å². The van der Waals surface area contributed by atoms with Crippen molar-refractivity contribution in [3.63, 3.8) is 0 Å². The van der Waals surface area contributed by atoms with Crippen molar-refractivity contribution >= 4 is 50.7 Å². The highest BCUT2D eigenvalue weighted by Crippen LogP contribution is 2.19. The molecule has 3 aromatic rings. The van der Waals surface area contributed by atoms with E-state index < -0.39 is 10.0 Å². The molecule has 1 heterocycles. The minimum Gasteiger partial charge on any atom is -0.344 e. The number of fused-ring (bicyclic) bond motifs is 1. The van der Waals surface area contributed by atoms with E-state index in [1.807, 2.05) is 30.3 Å². The van der Waals surface area contributed by atoms with Crippen molar-refractivity contribution in [3.05, 3.63) is 60.8 Å². The Kier molecular flexibility index (Phi) is 6.65. The zero-order chi connectivity index (χ0) is 21.6. The Morgan fingerprint density at radius 1 is 1.10 bits per heavy atom. The maximum absolute atomic E-state index is 12.0. The summed E-state index contributed by atoms with van der Waals surface area (Å²) in [6.45, 7) is 3.59. The first-order valence-corrected chi connectivity index (χ1v) is 10.6. The van der Waals surface area contributed by atoms with Crippen LogP contribution in [-0.4, -0.2) is 45.9 Å². The third-order valence-electron chi connectivity index (χ3n) is 4.34. The van der Waals surface area contributed by atoms with Crippen LogP contribution >= 0.6 is 0 Å². The summed E-state index contributed by atoms with van der Waals surface area (Å²) in [6, 6.07) is 16.2. The Balaban J connectivity index is 1.80. The fraction of sp³-hybridized carbons (Fsp3) is 0.143. The largest absolute Gasteiger partial charge is 0.344 e. The summed E-state index contributed by atoms with van der Waals surface area (Å²) >= 11 is 0. The van der Waals surface area contributed by atoms with Crippen LogP contribution in [0.1, 0.15) is 6.42 Å². The normalized spacial score (nSPS) is 12.7. The molecule has 0 fully saturated rings. The highest BCUT2D eigenvalue weighted by atomic mass is 32.2. The number of sulfonamides is 1. The average molecular weight is 423 g/mol. The van der Waals surface area contributed by atoms with Gasteiger partial charge in [0.05, 0.1) is 11.3 Å². The van der Waals surface area contributed by atoms with Crippen LogP contribution < -0.4 is 10.0 Å². The molecule has 0 atom stereocenters. The van der Waals surface area contributed by atoms with Crippen molar-refractivity contribution < 1.29 is 8.42 Å². The summed E-state index contributed by atoms with van der Waals surface area (Å²) in [5.41, 5.74) is 0.583. The molecule has 3 rings (SSSR count). The van der Waals surface area contributed by atoms with E-state index in [2.05, 4.69) is 36.7 Å². The molecule has 0 saturated heterocycles. The van der Waals surface area contributed by atoms with Crippen molar-refractivity contribution in [2.24, 2.45) is 15.0 Å². The third kappa shape index (κ3) is 5.13. The van der Waals surface area contributed by atoms with Gasteiger partial charge < -0.3 is 5.32 Å². The summed E-state index contributed by atoms with van der Waals surface area (Å²) in [5.74, 6) is 1.51. The highest BCUT2D eigenvalue weighted by molar-refractivity contribution is 7.89. The fourth-order valence-corrected chi connectivity index (χ4v) is 3.53. The standard InChI is InChI=1S/C21H22N6O2S/c1-22-19(26-17-9-6-10-18(12-17)30(28,29)24-3)13-20(23-2)27-21-11-15-7-4-5-8-16(15)14-25-21/h4-12,14,24H,2,13H2,1,3H3,(H,22,26). The summed E-state index contributed by atoms with van der Waals surface area (Å²) in [7, 11) is -0.541. The van der Waals surface area contributed by atoms with Gasteiger partial charge in [0.2, 0.25) is 10.0 Å². The second-order valence-electron chi connectivity index (χ2n) is 6.28. The lowest BCUT2D eigenvalue weighted by molar-refractivity contribution is 0.588. The van der Waals surface area contributed by atoms with Gasteiger partial charge in [-0.2, -0.15) is 0 Å². The van der Waals surface area contributed by atoms with Gasteiger partial charge in [-0.1, -0.05) is 30.3 Å². The van der Waals surface area contributed by atoms with Crippen molar-refractivity contribution in [2.75, 3.05) is 19.4 Å². The summed E-state index contributed by atoms with van der Waals surface area (Å²) < 4.78 is 26.3. The van der Waals surface area contributed by atoms with E-state index in [4.69, 9.17) is 0 Å². The number of aromatic nitrogens is 1. The van der Waals surface area contributed by atoms with Gasteiger partial charge in [0.25, 0.3) is 0 Å². The van der Waals surface area contributed by atoms with Gasteiger partial charge in [-0.3, -0.25) is 4.99 Å². The second-order valence-corrected chi connectivity index (χ2v) is 8.17. The molecule has 8 nitrogen and oxygen atoms in total. The lowest BCUT2D eigenvalue weighted by Crippen LogP contribution is -2.19. The van der Waals surface area contributed by atoms with E-state index in [-0.39, 0.29) is 11.3 Å². The van der Waals surface area contributed by atoms with Crippen LogP contribution in [-0.2, 0) is 10.0 Å². The molecule has 0 saturated carbocycles. The maximum atomic E-state index is 12.0. The van der Waals surface area contributed by atoms with Crippen LogP contribution in [0.25, 0.3) is 10.8 Å². The molecule has 0 aliphatic rings. The SMILES string of the molecule is C=NC(CC(=NC)Nc1cccc(S(=O)(=O)NC)c1)=Nc1cc2ccccc2cn1. The Morgan fingerprint density at radius 3 is 2.57 bits per heavy atom. The Hall–Kier alpha value is -3.43. The predicted molar refractivity (Wildman–Crippen MR) is 123 cm³/mol. The number of amidine groups is 2. The fourth-order valence-electron chi connectivity index (χ4n) is 2.75. The van der Waals surface area contributed by atoms with Gasteiger partial charge >= 0.3 is 0 Å². The molecule has 2 aromatic carbocycles. The zero-order valence-corrected chi connectivity index (χ0v) is 17.5. The zero-order valence-electron chi connectivity index (χ0n) is 16.7. The third-order valence-corrected chi connectivity index (χ3v) is 5.75. The van der Waals surface area contributed by atoms with Gasteiger partial charge in [-0.05, 0) is 43.4 Å². The number of hydrogen-bond donors (Lipinski definition) is 2. The van der Waals surface area contributed by atoms with Crippen LogP contribution in [0.4, 0.5) is 11.5 Å². The highest BCUT2D eigenvalue weighted by Gasteiger charge is 2.12. The van der Waals surface area contributed by atoms with Crippen LogP contribution in [0.3, 0.4) is 0 Å². The van der Waals surface area contributed by atoms with Gasteiger partial charge in [0.1, 0.15) is 11.7 Å². The summed E-state index contributed by atoms with van der Waals surface area (Å²) in [5, 5.41) is 5.17. The van der Waals surface area contributed by atoms with Crippen molar-refractivity contribution in [2.45, 2.75) is 11.3 Å².